The van der Waals surface area contributed by atoms with Gasteiger partial charge in [-0.15, -0.1) is 30.6 Å². The molecule has 0 aliphatic heterocycles. The first-order chi connectivity index (χ1) is 38.5. The first-order valence-corrected chi connectivity index (χ1v) is 30.0. The van der Waals surface area contributed by atoms with Crippen LogP contribution in [0.4, 0.5) is 0 Å². The van der Waals surface area contributed by atoms with Crippen LogP contribution in [0.1, 0.15) is 110 Å². The summed E-state index contributed by atoms with van der Waals surface area (Å²) in [6, 6.07) is 14.7. The molecule has 0 bridgehead atoms. The van der Waals surface area contributed by atoms with Crippen LogP contribution in [0.5, 0.6) is 0 Å². The Morgan fingerprint density at radius 2 is 0.864 bits per heavy atom. The van der Waals surface area contributed by atoms with E-state index in [-0.39, 0.29) is 68.8 Å². The normalized spacial score (nSPS) is 11.9. The van der Waals surface area contributed by atoms with E-state index >= 15 is 0 Å². The van der Waals surface area contributed by atoms with Gasteiger partial charge in [0.1, 0.15) is 20.7 Å². The van der Waals surface area contributed by atoms with Gasteiger partial charge < -0.3 is 0 Å². The highest BCUT2D eigenvalue weighted by Gasteiger charge is 2.28. The van der Waals surface area contributed by atoms with E-state index in [1.54, 1.807) is 32.0 Å². The van der Waals surface area contributed by atoms with Gasteiger partial charge in [0.25, 0.3) is 16.7 Å². The van der Waals surface area contributed by atoms with Crippen molar-refractivity contribution in [2.75, 3.05) is 0 Å². The molecular formula is C48H48Cl6N18O6S3. The van der Waals surface area contributed by atoms with E-state index in [4.69, 9.17) is 69.6 Å². The Morgan fingerprint density at radius 1 is 0.481 bits per heavy atom. The van der Waals surface area contributed by atoms with Crippen LogP contribution >= 0.6 is 81.4 Å². The van der Waals surface area contributed by atoms with E-state index in [9.17, 15) is 27.0 Å². The van der Waals surface area contributed by atoms with Crippen molar-refractivity contribution in [3.8, 4) is 0 Å². The lowest BCUT2D eigenvalue weighted by Crippen LogP contribution is -2.19. The van der Waals surface area contributed by atoms with Crippen molar-refractivity contribution in [3.05, 3.63) is 167 Å². The average Bonchev–Trinajstić information content (AvgIpc) is 4.41. The molecule has 9 rings (SSSR count). The van der Waals surface area contributed by atoms with Crippen LogP contribution < -0.4 is 16.7 Å². The van der Waals surface area contributed by atoms with Crippen LogP contribution in [0.15, 0.2) is 98.7 Å². The van der Waals surface area contributed by atoms with Crippen LogP contribution in [-0.2, 0) is 59.2 Å². The van der Waals surface area contributed by atoms with Crippen molar-refractivity contribution in [1.29, 1.82) is 0 Å². The number of rotatable bonds is 18. The molecule has 0 saturated heterocycles. The summed E-state index contributed by atoms with van der Waals surface area (Å²) < 4.78 is 39.0. The Morgan fingerprint density at radius 3 is 1.28 bits per heavy atom. The molecule has 24 nitrogen and oxygen atoms in total. The topological polar surface area (TPSA) is 352 Å². The summed E-state index contributed by atoms with van der Waals surface area (Å²) in [6.07, 6.45) is 3.46. The Hall–Kier alpha value is -6.30. The van der Waals surface area contributed by atoms with Crippen molar-refractivity contribution < 1.29 is 12.6 Å². The van der Waals surface area contributed by atoms with E-state index < -0.39 is 26.2 Å². The number of nitrogens with zero attached hydrogens (tertiary/aromatic N) is 12. The third-order valence-corrected chi connectivity index (χ3v) is 18.3. The predicted molar refractivity (Wildman–Crippen MR) is 305 cm³/mol. The number of tetrazole rings is 3. The molecule has 33 heteroatoms. The molecule has 6 heterocycles. The maximum atomic E-state index is 13.0. The number of benzene rings is 3. The molecule has 1 atom stereocenters. The number of nitrogens with one attached hydrogen (secondary N) is 6. The minimum atomic E-state index is -4.13. The Bertz CT molecular complexity index is 3890. The number of sulfone groups is 1. The maximum Gasteiger partial charge on any atom is 0.267 e. The second kappa shape index (κ2) is 28.1. The van der Waals surface area contributed by atoms with E-state index in [1.165, 1.54) is 36.0 Å². The monoisotopic (exact) mass is 1280 g/mol. The van der Waals surface area contributed by atoms with Crippen LogP contribution in [0.3, 0.4) is 0 Å². The van der Waals surface area contributed by atoms with E-state index in [2.05, 4.69) is 92.5 Å². The van der Waals surface area contributed by atoms with Gasteiger partial charge in [-0.1, -0.05) is 139 Å². The molecule has 0 fully saturated rings. The average molecular weight is 1280 g/mol. The fourth-order valence-electron chi connectivity index (χ4n) is 7.52. The molecule has 0 saturated carbocycles. The lowest BCUT2D eigenvalue weighted by atomic mass is 10.1. The number of aryl methyl sites for hydroxylation is 6. The van der Waals surface area contributed by atoms with Crippen LogP contribution in [-0.4, -0.2) is 105 Å². The minimum absolute atomic E-state index is 0.0327. The molecule has 81 heavy (non-hydrogen) atoms. The third-order valence-electron chi connectivity index (χ3n) is 11.7. The fourth-order valence-corrected chi connectivity index (χ4v) is 13.5. The van der Waals surface area contributed by atoms with Gasteiger partial charge >= 0.3 is 0 Å². The van der Waals surface area contributed by atoms with E-state index in [0.717, 1.165) is 16.7 Å². The molecule has 0 aliphatic rings. The van der Waals surface area contributed by atoms with Gasteiger partial charge in [-0.2, -0.15) is 30.9 Å². The molecule has 0 radical (unpaired) electrons. The number of aromatic amines is 6. The SMILES string of the molecule is CC(C)c1cc(S(=O)(=O)c2c(Cl)cc(CCc3nn[nH]n3)cc2Cl)n[nH]c1=O.CC(C)c1cc(S(=O)c2c(Cl)cc(CCc3nn[nH]n3)cc2Cl)n[nH]c1=O.CC(C)c1cc(Sc2c(Cl)cc(CCc3nn[nH]n3)cc2Cl)n[nH]c1=O. The second-order valence-corrected chi connectivity index (χ2v) is 25.1. The summed E-state index contributed by atoms with van der Waals surface area (Å²) in [6.45, 7) is 11.2. The van der Waals surface area contributed by atoms with Gasteiger partial charge in [-0.3, -0.25) is 14.4 Å². The standard InChI is InChI=1S/C16H16Cl2N6O3S.C16H16Cl2N6O2S.C16H16Cl2N6OS/c1-8(2)10-7-14(21-22-16(10)25)28(26,27)15-11(17)5-9(6-12(15)18)3-4-13-19-23-24-20-13;1-8(2)10-7-14(21-22-16(10)25)27(26)15-11(17)5-9(6-12(15)18)3-4-13-19-23-24-20-13;1-8(2)10-7-14(21-22-16(10)25)26-15-11(17)5-9(6-12(15)18)3-4-13-19-23-24-20-13/h5-8H,3-4H2,1-2H3,(H,22,25)(H,19,20,23,24);5-8H,3-4H2,1-2H3,(H,22,25)(H,19,20,23,24);5-8H,3-4H2,1-2H3,(H,22,25)(H,19,20,23,24). The molecule has 0 amide bonds. The zero-order chi connectivity index (χ0) is 58.7. The highest BCUT2D eigenvalue weighted by Crippen LogP contribution is 2.40. The summed E-state index contributed by atoms with van der Waals surface area (Å²) in [5.74, 6) is 1.61. The lowest BCUT2D eigenvalue weighted by Gasteiger charge is -2.11. The number of halogens is 6. The number of hydrogen-bond donors (Lipinski definition) is 6. The Balaban J connectivity index is 0.000000175. The smallest absolute Gasteiger partial charge is 0.267 e. The molecule has 426 valence electrons. The van der Waals surface area contributed by atoms with Gasteiger partial charge in [0, 0.05) is 36.0 Å². The van der Waals surface area contributed by atoms with Gasteiger partial charge in [0.05, 0.1) is 39.9 Å². The molecule has 6 aromatic heterocycles. The number of hydrogen-bond acceptors (Lipinski definition) is 19. The quantitative estimate of drug-likeness (QED) is 0.0468. The highest BCUT2D eigenvalue weighted by molar-refractivity contribution is 7.99. The zero-order valence-corrected chi connectivity index (χ0v) is 50.5. The molecule has 9 aromatic rings. The van der Waals surface area contributed by atoms with Crippen molar-refractivity contribution in [1.82, 2.24) is 92.5 Å². The van der Waals surface area contributed by atoms with Gasteiger partial charge in [-0.25, -0.2) is 27.9 Å². The predicted octanol–water partition coefficient (Wildman–Crippen LogP) is 8.65. The van der Waals surface area contributed by atoms with Crippen LogP contribution in [0, 0.1) is 0 Å². The Labute approximate surface area is 497 Å². The van der Waals surface area contributed by atoms with Gasteiger partial charge in [0.15, 0.2) is 27.5 Å². The van der Waals surface area contributed by atoms with Gasteiger partial charge in [-0.05, 0) is 108 Å². The Kier molecular flexibility index (Phi) is 21.6. The maximum absolute atomic E-state index is 13.0. The van der Waals surface area contributed by atoms with E-state index in [1.807, 2.05) is 39.8 Å². The van der Waals surface area contributed by atoms with Gasteiger partial charge in [0.2, 0.25) is 9.84 Å². The number of aromatic nitrogens is 18. The molecule has 0 aliphatic carbocycles. The van der Waals surface area contributed by atoms with Crippen molar-refractivity contribution in [3.63, 3.8) is 0 Å². The van der Waals surface area contributed by atoms with Crippen LogP contribution in [0.25, 0.3) is 0 Å². The molecule has 6 N–H and O–H groups in total. The highest BCUT2D eigenvalue weighted by atomic mass is 35.5. The van der Waals surface area contributed by atoms with Crippen molar-refractivity contribution >= 4 is 102 Å². The van der Waals surface area contributed by atoms with Crippen molar-refractivity contribution in [2.24, 2.45) is 0 Å². The third kappa shape index (κ3) is 16.2. The summed E-state index contributed by atoms with van der Waals surface area (Å²) >= 11 is 39.4. The zero-order valence-electron chi connectivity index (χ0n) is 43.5. The summed E-state index contributed by atoms with van der Waals surface area (Å²) in [5, 5.41) is 61.8. The first kappa shape index (κ1) is 62.3. The summed E-state index contributed by atoms with van der Waals surface area (Å²) in [5.41, 5.74) is 3.10. The summed E-state index contributed by atoms with van der Waals surface area (Å²) in [7, 11) is -5.86. The number of H-pyrrole nitrogens is 6. The molecular weight excluding hydrogens is 1230 g/mol. The molecule has 1 unspecified atom stereocenters. The summed E-state index contributed by atoms with van der Waals surface area (Å²) in [4.78, 5) is 36.2. The lowest BCUT2D eigenvalue weighted by molar-refractivity contribution is 0.588. The molecule has 3 aromatic carbocycles. The van der Waals surface area contributed by atoms with E-state index in [0.29, 0.717) is 92.7 Å². The molecule has 0 spiro atoms. The van der Waals surface area contributed by atoms with Crippen LogP contribution in [0.2, 0.25) is 30.1 Å². The largest absolute Gasteiger partial charge is 0.268 e. The second-order valence-electron chi connectivity index (χ2n) is 18.5. The fraction of sp³-hybridized carbons (Fsp3) is 0.312. The van der Waals surface area contributed by atoms with Crippen molar-refractivity contribution in [2.45, 2.75) is 128 Å². The minimum Gasteiger partial charge on any atom is -0.268 e. The first-order valence-electron chi connectivity index (χ1n) is 24.2.